The van der Waals surface area contributed by atoms with Gasteiger partial charge in [0.1, 0.15) is 18.4 Å². The Bertz CT molecular complexity index is 1550. The van der Waals surface area contributed by atoms with Gasteiger partial charge in [-0.1, -0.05) is 72.8 Å². The molecule has 5 rings (SSSR count). The van der Waals surface area contributed by atoms with Crippen LogP contribution in [0.2, 0.25) is 0 Å². The van der Waals surface area contributed by atoms with Crippen molar-refractivity contribution in [1.82, 2.24) is 20.9 Å². The Morgan fingerprint density at radius 2 is 1.73 bits per heavy atom. The highest BCUT2D eigenvalue weighted by Gasteiger charge is 2.44. The van der Waals surface area contributed by atoms with E-state index in [-0.39, 0.29) is 42.5 Å². The van der Waals surface area contributed by atoms with Gasteiger partial charge in [-0.2, -0.15) is 0 Å². The number of nitrogens with zero attached hydrogens (tertiary/aromatic N) is 1. The Balaban J connectivity index is 1.37. The summed E-state index contributed by atoms with van der Waals surface area (Å²) in [6.07, 6.45) is 2.13. The quantitative estimate of drug-likeness (QED) is 0.294. The molecule has 2 aliphatic rings. The van der Waals surface area contributed by atoms with Crippen LogP contribution in [0.15, 0.2) is 72.8 Å². The molecule has 0 saturated carbocycles. The number of rotatable bonds is 11. The smallest absolute Gasteiger partial charge is 0.246 e. The highest BCUT2D eigenvalue weighted by molar-refractivity contribution is 5.96. The predicted octanol–water partition coefficient (Wildman–Crippen LogP) is 3.04. The fourth-order valence-electron chi connectivity index (χ4n) is 6.46. The molecule has 0 spiro atoms. The van der Waals surface area contributed by atoms with Crippen molar-refractivity contribution < 1.29 is 24.0 Å². The van der Waals surface area contributed by atoms with E-state index in [1.165, 1.54) is 4.90 Å². The van der Waals surface area contributed by atoms with E-state index in [0.29, 0.717) is 19.4 Å². The van der Waals surface area contributed by atoms with E-state index >= 15 is 0 Å². The van der Waals surface area contributed by atoms with Crippen LogP contribution in [0.5, 0.6) is 0 Å². The molecule has 2 heterocycles. The number of nitrogens with one attached hydrogen (secondary N) is 3. The van der Waals surface area contributed by atoms with E-state index < -0.39 is 29.4 Å². The average Bonchev–Trinajstić information content (AvgIpc) is 3.55. The van der Waals surface area contributed by atoms with Gasteiger partial charge in [-0.3, -0.25) is 19.2 Å². The first-order valence-corrected chi connectivity index (χ1v) is 15.3. The Morgan fingerprint density at radius 1 is 1.02 bits per heavy atom. The standard InChI is InChI=1S/C35H40N4O5/c1-22-18-30(33(43)39(22)27(21-40)19-25-16-17-36-31(25)41)37-32(42)29(20-24-12-9-11-23-10-7-8-15-28(23)24)38-34(44)35(2,3)26-13-5-4-6-14-26/h4-15,21-22,25,27,29-30H,16-20H2,1-3H3,(H,36,41)(H,37,42)(H,38,44)/t22?,25-,27-,29-,30-/m0/s1. The molecule has 0 aromatic heterocycles. The maximum Gasteiger partial charge on any atom is 0.246 e. The molecule has 230 valence electrons. The monoisotopic (exact) mass is 596 g/mol. The Hall–Kier alpha value is -4.53. The number of likely N-dealkylation sites (tertiary alicyclic amines) is 1. The number of benzene rings is 3. The number of carbonyl (C=O) groups is 5. The van der Waals surface area contributed by atoms with Gasteiger partial charge in [0.05, 0.1) is 11.5 Å². The second-order valence-electron chi connectivity index (χ2n) is 12.5. The van der Waals surface area contributed by atoms with Gasteiger partial charge in [0, 0.05) is 24.9 Å². The highest BCUT2D eigenvalue weighted by Crippen LogP contribution is 2.28. The molecule has 0 aliphatic carbocycles. The molecule has 3 N–H and O–H groups in total. The summed E-state index contributed by atoms with van der Waals surface area (Å²) in [6, 6.07) is 20.2. The molecular weight excluding hydrogens is 556 g/mol. The van der Waals surface area contributed by atoms with E-state index in [4.69, 9.17) is 0 Å². The molecule has 1 unspecified atom stereocenters. The fraction of sp³-hybridized carbons (Fsp3) is 0.400. The van der Waals surface area contributed by atoms with Crippen LogP contribution in [0.1, 0.15) is 51.2 Å². The van der Waals surface area contributed by atoms with Crippen LogP contribution in [0.3, 0.4) is 0 Å². The van der Waals surface area contributed by atoms with Gasteiger partial charge < -0.3 is 25.6 Å². The molecule has 0 bridgehead atoms. The summed E-state index contributed by atoms with van der Waals surface area (Å²) in [4.78, 5) is 67.0. The van der Waals surface area contributed by atoms with Gasteiger partial charge in [-0.05, 0) is 61.9 Å². The molecule has 44 heavy (non-hydrogen) atoms. The summed E-state index contributed by atoms with van der Waals surface area (Å²) >= 11 is 0. The van der Waals surface area contributed by atoms with E-state index in [9.17, 15) is 24.0 Å². The zero-order chi connectivity index (χ0) is 31.4. The van der Waals surface area contributed by atoms with Crippen LogP contribution >= 0.6 is 0 Å². The molecule has 3 aromatic rings. The number of hydrogen-bond donors (Lipinski definition) is 3. The average molecular weight is 597 g/mol. The van der Waals surface area contributed by atoms with Crippen molar-refractivity contribution in [1.29, 1.82) is 0 Å². The molecule has 2 fully saturated rings. The maximum absolute atomic E-state index is 13.9. The topological polar surface area (TPSA) is 125 Å². The third-order valence-corrected chi connectivity index (χ3v) is 9.11. The molecule has 9 heteroatoms. The third-order valence-electron chi connectivity index (χ3n) is 9.11. The zero-order valence-electron chi connectivity index (χ0n) is 25.4. The first-order chi connectivity index (χ1) is 21.1. The first-order valence-electron chi connectivity index (χ1n) is 15.3. The van der Waals surface area contributed by atoms with Crippen LogP contribution in [0.4, 0.5) is 0 Å². The van der Waals surface area contributed by atoms with Gasteiger partial charge in [0.25, 0.3) is 0 Å². The second kappa shape index (κ2) is 13.0. The van der Waals surface area contributed by atoms with Crippen molar-refractivity contribution in [2.24, 2.45) is 5.92 Å². The molecule has 4 amide bonds. The van der Waals surface area contributed by atoms with Gasteiger partial charge in [0.15, 0.2) is 0 Å². The third kappa shape index (κ3) is 6.37. The molecular formula is C35H40N4O5. The Kier molecular flexibility index (Phi) is 9.13. The fourth-order valence-corrected chi connectivity index (χ4v) is 6.46. The van der Waals surface area contributed by atoms with Gasteiger partial charge in [0.2, 0.25) is 23.6 Å². The lowest BCUT2D eigenvalue weighted by Gasteiger charge is -2.29. The lowest BCUT2D eigenvalue weighted by Crippen LogP contribution is -2.55. The molecule has 2 aliphatic heterocycles. The van der Waals surface area contributed by atoms with Crippen molar-refractivity contribution in [3.8, 4) is 0 Å². The van der Waals surface area contributed by atoms with E-state index in [1.807, 2.05) is 93.6 Å². The van der Waals surface area contributed by atoms with Crippen LogP contribution in [-0.4, -0.2) is 65.5 Å². The van der Waals surface area contributed by atoms with Crippen LogP contribution in [-0.2, 0) is 35.8 Å². The SMILES string of the molecule is CC1C[C@H](NC(=O)[C@H](Cc2cccc3ccccc23)NC(=O)C(C)(C)c2ccccc2)C(=O)N1[C@H](C=O)C[C@@H]1CCNC1=O. The minimum Gasteiger partial charge on any atom is -0.356 e. The summed E-state index contributed by atoms with van der Waals surface area (Å²) in [5.41, 5.74) is 0.786. The molecule has 2 saturated heterocycles. The molecule has 5 atom stereocenters. The van der Waals surface area contributed by atoms with Crippen molar-refractivity contribution in [2.45, 2.75) is 76.0 Å². The Morgan fingerprint density at radius 3 is 2.43 bits per heavy atom. The van der Waals surface area contributed by atoms with Crippen molar-refractivity contribution in [3.05, 3.63) is 83.9 Å². The maximum atomic E-state index is 13.9. The van der Waals surface area contributed by atoms with E-state index in [0.717, 1.165) is 28.2 Å². The summed E-state index contributed by atoms with van der Waals surface area (Å²) < 4.78 is 0. The zero-order valence-corrected chi connectivity index (χ0v) is 25.4. The summed E-state index contributed by atoms with van der Waals surface area (Å²) in [5.74, 6) is -1.58. The molecule has 0 radical (unpaired) electrons. The van der Waals surface area contributed by atoms with Crippen molar-refractivity contribution in [2.75, 3.05) is 6.54 Å². The largest absolute Gasteiger partial charge is 0.356 e. The number of amides is 4. The molecule has 9 nitrogen and oxygen atoms in total. The lowest BCUT2D eigenvalue weighted by molar-refractivity contribution is -0.138. The minimum absolute atomic E-state index is 0.105. The van der Waals surface area contributed by atoms with Gasteiger partial charge in [-0.15, -0.1) is 0 Å². The number of fused-ring (bicyclic) bond motifs is 1. The van der Waals surface area contributed by atoms with E-state index in [1.54, 1.807) is 0 Å². The number of aldehydes is 1. The van der Waals surface area contributed by atoms with Crippen LogP contribution < -0.4 is 16.0 Å². The number of hydrogen-bond acceptors (Lipinski definition) is 5. The Labute approximate surface area is 257 Å². The van der Waals surface area contributed by atoms with Gasteiger partial charge in [-0.25, -0.2) is 0 Å². The highest BCUT2D eigenvalue weighted by atomic mass is 16.2. The van der Waals surface area contributed by atoms with Crippen molar-refractivity contribution in [3.63, 3.8) is 0 Å². The lowest BCUT2D eigenvalue weighted by atomic mass is 9.83. The number of carbonyl (C=O) groups excluding carboxylic acids is 5. The summed E-state index contributed by atoms with van der Waals surface area (Å²) in [7, 11) is 0. The van der Waals surface area contributed by atoms with Crippen LogP contribution in [0, 0.1) is 5.92 Å². The summed E-state index contributed by atoms with van der Waals surface area (Å²) in [6.45, 7) is 6.03. The van der Waals surface area contributed by atoms with E-state index in [2.05, 4.69) is 16.0 Å². The minimum atomic E-state index is -0.961. The van der Waals surface area contributed by atoms with Crippen LogP contribution in [0.25, 0.3) is 10.8 Å². The van der Waals surface area contributed by atoms with Gasteiger partial charge >= 0.3 is 0 Å². The first kappa shape index (κ1) is 30.9. The van der Waals surface area contributed by atoms with Crippen molar-refractivity contribution >= 4 is 40.7 Å². The summed E-state index contributed by atoms with van der Waals surface area (Å²) in [5, 5.41) is 10.7. The second-order valence-corrected chi connectivity index (χ2v) is 12.5. The predicted molar refractivity (Wildman–Crippen MR) is 167 cm³/mol. The normalized spacial score (nSPS) is 21.5. The molecule has 3 aromatic carbocycles.